The Balaban J connectivity index is 2.17. The van der Waals surface area contributed by atoms with Crippen LogP contribution >= 0.6 is 0 Å². The lowest BCUT2D eigenvalue weighted by Gasteiger charge is -2.21. The van der Waals surface area contributed by atoms with Gasteiger partial charge < -0.3 is 0 Å². The van der Waals surface area contributed by atoms with E-state index >= 15 is 0 Å². The zero-order valence-electron chi connectivity index (χ0n) is 15.2. The number of aromatic nitrogens is 1. The molecule has 0 saturated heterocycles. The van der Waals surface area contributed by atoms with Gasteiger partial charge in [-0.1, -0.05) is 80.4 Å². The van der Waals surface area contributed by atoms with Crippen molar-refractivity contribution in [2.24, 2.45) is 0 Å². The molecule has 24 heavy (non-hydrogen) atoms. The molecule has 122 valence electrons. The van der Waals surface area contributed by atoms with Gasteiger partial charge in [0.1, 0.15) is 0 Å². The van der Waals surface area contributed by atoms with Gasteiger partial charge in [-0.15, -0.1) is 0 Å². The topological polar surface area (TPSA) is 12.9 Å². The summed E-state index contributed by atoms with van der Waals surface area (Å²) in [6, 6.07) is 21.7. The highest BCUT2D eigenvalue weighted by Gasteiger charge is 2.17. The van der Waals surface area contributed by atoms with Crippen LogP contribution in [0.5, 0.6) is 0 Å². The minimum Gasteiger partial charge on any atom is -0.248 e. The Morgan fingerprint density at radius 3 is 1.33 bits per heavy atom. The van der Waals surface area contributed by atoms with Gasteiger partial charge in [0.2, 0.25) is 0 Å². The molecule has 1 aromatic heterocycles. The van der Waals surface area contributed by atoms with Crippen LogP contribution in [0, 0.1) is 13.8 Å². The molecular formula is C23H25N. The van der Waals surface area contributed by atoms with Crippen molar-refractivity contribution >= 4 is 0 Å². The predicted molar refractivity (Wildman–Crippen MR) is 103 cm³/mol. The fraction of sp³-hybridized carbons (Fsp3) is 0.261. The minimum atomic E-state index is 0.0852. The number of nitrogens with zero attached hydrogens (tertiary/aromatic N) is 1. The second-order valence-electron chi connectivity index (χ2n) is 7.61. The van der Waals surface area contributed by atoms with Crippen LogP contribution < -0.4 is 0 Å². The van der Waals surface area contributed by atoms with E-state index in [-0.39, 0.29) is 5.41 Å². The van der Waals surface area contributed by atoms with E-state index in [0.717, 1.165) is 11.4 Å². The molecule has 1 heteroatoms. The molecule has 0 N–H and O–H groups in total. The predicted octanol–water partition coefficient (Wildman–Crippen LogP) is 6.33. The van der Waals surface area contributed by atoms with Crippen LogP contribution in [-0.4, -0.2) is 4.98 Å². The van der Waals surface area contributed by atoms with Crippen molar-refractivity contribution < 1.29 is 0 Å². The molecule has 0 aliphatic rings. The third-order valence-electron chi connectivity index (χ3n) is 4.39. The van der Waals surface area contributed by atoms with Gasteiger partial charge in [0.15, 0.2) is 0 Å². The Hall–Kier alpha value is -2.41. The fourth-order valence-corrected chi connectivity index (χ4v) is 2.71. The zero-order chi connectivity index (χ0) is 17.3. The van der Waals surface area contributed by atoms with E-state index < -0.39 is 0 Å². The molecule has 0 spiro atoms. The van der Waals surface area contributed by atoms with Gasteiger partial charge in [-0.05, 0) is 37.0 Å². The van der Waals surface area contributed by atoms with Gasteiger partial charge in [0.05, 0.1) is 11.4 Å². The molecule has 1 nitrogen and oxygen atoms in total. The maximum absolute atomic E-state index is 4.95. The first kappa shape index (κ1) is 16.4. The molecule has 1 heterocycles. The van der Waals surface area contributed by atoms with Crippen molar-refractivity contribution in [1.29, 1.82) is 0 Å². The first-order chi connectivity index (χ1) is 11.3. The second kappa shape index (κ2) is 6.24. The van der Waals surface area contributed by atoms with E-state index in [9.17, 15) is 0 Å². The van der Waals surface area contributed by atoms with E-state index in [1.54, 1.807) is 0 Å². The molecule has 0 atom stereocenters. The summed E-state index contributed by atoms with van der Waals surface area (Å²) in [6.45, 7) is 11.0. The summed E-state index contributed by atoms with van der Waals surface area (Å²) >= 11 is 0. The third kappa shape index (κ3) is 3.56. The van der Waals surface area contributed by atoms with E-state index in [1.165, 1.54) is 27.8 Å². The van der Waals surface area contributed by atoms with Crippen molar-refractivity contribution in [2.75, 3.05) is 0 Å². The van der Waals surface area contributed by atoms with Gasteiger partial charge in [-0.25, -0.2) is 4.98 Å². The normalized spacial score (nSPS) is 11.5. The molecule has 0 amide bonds. The molecule has 0 fully saturated rings. The van der Waals surface area contributed by atoms with Crippen LogP contribution in [-0.2, 0) is 5.41 Å². The third-order valence-corrected chi connectivity index (χ3v) is 4.39. The summed E-state index contributed by atoms with van der Waals surface area (Å²) in [5.74, 6) is 0. The van der Waals surface area contributed by atoms with Crippen molar-refractivity contribution in [1.82, 2.24) is 4.98 Å². The van der Waals surface area contributed by atoms with Crippen molar-refractivity contribution in [3.63, 3.8) is 0 Å². The van der Waals surface area contributed by atoms with Crippen molar-refractivity contribution in [3.05, 3.63) is 77.4 Å². The Kier molecular flexibility index (Phi) is 4.28. The zero-order valence-corrected chi connectivity index (χ0v) is 15.2. The standard InChI is InChI=1S/C23H25N/c1-16-6-10-18(11-7-16)21-14-20(23(3,4)5)15-22(24-21)19-12-8-17(2)9-13-19/h6-15H,1-5H3. The molecule has 3 aromatic rings. The first-order valence-corrected chi connectivity index (χ1v) is 8.49. The fourth-order valence-electron chi connectivity index (χ4n) is 2.71. The summed E-state index contributed by atoms with van der Waals surface area (Å²) < 4.78 is 0. The minimum absolute atomic E-state index is 0.0852. The van der Waals surface area contributed by atoms with Crippen LogP contribution in [0.4, 0.5) is 0 Å². The molecule has 0 saturated carbocycles. The summed E-state index contributed by atoms with van der Waals surface area (Å²) in [7, 11) is 0. The Morgan fingerprint density at radius 1 is 0.625 bits per heavy atom. The maximum Gasteiger partial charge on any atom is 0.0712 e. The largest absolute Gasteiger partial charge is 0.248 e. The highest BCUT2D eigenvalue weighted by molar-refractivity contribution is 5.68. The average molecular weight is 315 g/mol. The lowest BCUT2D eigenvalue weighted by molar-refractivity contribution is 0.590. The molecular weight excluding hydrogens is 290 g/mol. The Bertz CT molecular complexity index is 771. The van der Waals surface area contributed by atoms with E-state index in [2.05, 4.69) is 95.3 Å². The monoisotopic (exact) mass is 315 g/mol. The van der Waals surface area contributed by atoms with Crippen LogP contribution in [0.15, 0.2) is 60.7 Å². The molecule has 0 aliphatic carbocycles. The molecule has 0 bridgehead atoms. The number of aryl methyl sites for hydroxylation is 2. The number of rotatable bonds is 2. The molecule has 0 radical (unpaired) electrons. The van der Waals surface area contributed by atoms with E-state index in [1.807, 2.05) is 0 Å². The highest BCUT2D eigenvalue weighted by atomic mass is 14.7. The van der Waals surface area contributed by atoms with Gasteiger partial charge in [-0.2, -0.15) is 0 Å². The van der Waals surface area contributed by atoms with Crippen LogP contribution in [0.3, 0.4) is 0 Å². The molecule has 3 rings (SSSR count). The first-order valence-electron chi connectivity index (χ1n) is 8.49. The summed E-state index contributed by atoms with van der Waals surface area (Å²) in [6.07, 6.45) is 0. The van der Waals surface area contributed by atoms with Crippen LogP contribution in [0.2, 0.25) is 0 Å². The number of hydrogen-bond acceptors (Lipinski definition) is 1. The molecule has 2 aromatic carbocycles. The second-order valence-corrected chi connectivity index (χ2v) is 7.61. The maximum atomic E-state index is 4.95. The average Bonchev–Trinajstić information content (AvgIpc) is 2.55. The van der Waals surface area contributed by atoms with Crippen LogP contribution in [0.25, 0.3) is 22.5 Å². The Labute approximate surface area is 145 Å². The van der Waals surface area contributed by atoms with Gasteiger partial charge in [-0.3, -0.25) is 0 Å². The lowest BCUT2D eigenvalue weighted by atomic mass is 9.85. The number of benzene rings is 2. The highest BCUT2D eigenvalue weighted by Crippen LogP contribution is 2.31. The summed E-state index contributed by atoms with van der Waals surface area (Å²) in [5, 5.41) is 0. The number of pyridine rings is 1. The Morgan fingerprint density at radius 2 is 1.00 bits per heavy atom. The SMILES string of the molecule is Cc1ccc(-c2cc(C(C)(C)C)cc(-c3ccc(C)cc3)n2)cc1. The number of hydrogen-bond donors (Lipinski definition) is 0. The van der Waals surface area contributed by atoms with Gasteiger partial charge in [0.25, 0.3) is 0 Å². The van der Waals surface area contributed by atoms with Crippen LogP contribution in [0.1, 0.15) is 37.5 Å². The van der Waals surface area contributed by atoms with Crippen molar-refractivity contribution in [2.45, 2.75) is 40.0 Å². The quantitative estimate of drug-likeness (QED) is 0.538. The molecule has 0 unspecified atom stereocenters. The summed E-state index contributed by atoms with van der Waals surface area (Å²) in [4.78, 5) is 4.95. The summed E-state index contributed by atoms with van der Waals surface area (Å²) in [5.41, 5.74) is 8.34. The molecule has 0 aliphatic heterocycles. The lowest BCUT2D eigenvalue weighted by Crippen LogP contribution is -2.12. The van der Waals surface area contributed by atoms with E-state index in [4.69, 9.17) is 4.98 Å². The van der Waals surface area contributed by atoms with Gasteiger partial charge >= 0.3 is 0 Å². The van der Waals surface area contributed by atoms with Crippen molar-refractivity contribution in [3.8, 4) is 22.5 Å². The van der Waals surface area contributed by atoms with Gasteiger partial charge in [0, 0.05) is 11.1 Å². The smallest absolute Gasteiger partial charge is 0.0712 e. The van der Waals surface area contributed by atoms with E-state index in [0.29, 0.717) is 0 Å².